The van der Waals surface area contributed by atoms with Crippen molar-refractivity contribution >= 4 is 11.8 Å². The van der Waals surface area contributed by atoms with Crippen LogP contribution in [0.1, 0.15) is 12.8 Å². The van der Waals surface area contributed by atoms with Gasteiger partial charge in [-0.15, -0.1) is 0 Å². The van der Waals surface area contributed by atoms with Crippen LogP contribution in [0.2, 0.25) is 0 Å². The molecule has 2 aliphatic rings. The van der Waals surface area contributed by atoms with Crippen LogP contribution >= 0.6 is 0 Å². The number of halogens is 1. The zero-order valence-corrected chi connectivity index (χ0v) is 11.6. The Morgan fingerprint density at radius 2 is 2.52 bits per heavy atom. The van der Waals surface area contributed by atoms with Crippen molar-refractivity contribution in [1.29, 1.82) is 0 Å². The van der Waals surface area contributed by atoms with Gasteiger partial charge in [-0.1, -0.05) is 0 Å². The van der Waals surface area contributed by atoms with Crippen LogP contribution in [-0.2, 0) is 9.53 Å². The third kappa shape index (κ3) is 3.14. The average Bonchev–Trinajstić information content (AvgIpc) is 3.00. The van der Waals surface area contributed by atoms with Gasteiger partial charge in [-0.3, -0.25) is 9.69 Å². The molecule has 2 fully saturated rings. The summed E-state index contributed by atoms with van der Waals surface area (Å²) in [5.74, 6) is -0.962. The first-order valence-corrected chi connectivity index (χ1v) is 7.01. The van der Waals surface area contributed by atoms with Gasteiger partial charge in [-0.25, -0.2) is 9.37 Å². The Hall–Kier alpha value is -1.73. The van der Waals surface area contributed by atoms with Crippen molar-refractivity contribution in [3.63, 3.8) is 0 Å². The molecule has 114 valence electrons. The predicted molar refractivity (Wildman–Crippen MR) is 73.6 cm³/mol. The highest BCUT2D eigenvalue weighted by atomic mass is 19.1. The molecular formula is C14H18FN3O3. The molecule has 3 heterocycles. The van der Waals surface area contributed by atoms with E-state index in [4.69, 9.17) is 9.84 Å². The molecule has 0 aliphatic carbocycles. The van der Waals surface area contributed by atoms with Crippen molar-refractivity contribution in [2.24, 2.45) is 0 Å². The maximum atomic E-state index is 13.6. The first-order valence-electron chi connectivity index (χ1n) is 7.01. The molecule has 0 amide bonds. The number of aromatic nitrogens is 1. The molecule has 0 aromatic carbocycles. The lowest BCUT2D eigenvalue weighted by Crippen LogP contribution is -2.35. The summed E-state index contributed by atoms with van der Waals surface area (Å²) in [4.78, 5) is 16.6. The van der Waals surface area contributed by atoms with Gasteiger partial charge in [0.1, 0.15) is 0 Å². The number of anilines is 1. The van der Waals surface area contributed by atoms with E-state index in [2.05, 4.69) is 10.3 Å². The summed E-state index contributed by atoms with van der Waals surface area (Å²) in [5, 5.41) is 11.9. The van der Waals surface area contributed by atoms with Gasteiger partial charge >= 0.3 is 5.97 Å². The van der Waals surface area contributed by atoms with E-state index in [1.807, 2.05) is 4.90 Å². The lowest BCUT2D eigenvalue weighted by molar-refractivity contribution is -0.138. The molecule has 3 rings (SSSR count). The van der Waals surface area contributed by atoms with Crippen LogP contribution < -0.4 is 5.32 Å². The summed E-state index contributed by atoms with van der Waals surface area (Å²) >= 11 is 0. The largest absolute Gasteiger partial charge is 0.480 e. The Morgan fingerprint density at radius 1 is 1.67 bits per heavy atom. The number of carbonyl (C=O) groups is 1. The number of nitrogens with zero attached hydrogens (tertiary/aromatic N) is 2. The number of hydrogen-bond acceptors (Lipinski definition) is 5. The minimum Gasteiger partial charge on any atom is -0.480 e. The molecule has 1 aromatic heterocycles. The van der Waals surface area contributed by atoms with Gasteiger partial charge in [0.2, 0.25) is 0 Å². The van der Waals surface area contributed by atoms with Gasteiger partial charge in [0.25, 0.3) is 0 Å². The summed E-state index contributed by atoms with van der Waals surface area (Å²) in [5.41, 5.74) is -0.307. The molecule has 2 saturated heterocycles. The van der Waals surface area contributed by atoms with E-state index in [-0.39, 0.29) is 29.8 Å². The summed E-state index contributed by atoms with van der Waals surface area (Å²) in [6.45, 7) is 1.86. The number of pyridine rings is 1. The monoisotopic (exact) mass is 295 g/mol. The first-order chi connectivity index (χ1) is 10.1. The smallest absolute Gasteiger partial charge is 0.317 e. The number of carboxylic acids is 1. The van der Waals surface area contributed by atoms with E-state index in [0.29, 0.717) is 13.2 Å². The Kier molecular flexibility index (Phi) is 3.77. The van der Waals surface area contributed by atoms with E-state index >= 15 is 0 Å². The van der Waals surface area contributed by atoms with Gasteiger partial charge in [0.05, 0.1) is 24.8 Å². The Labute approximate surface area is 121 Å². The first kappa shape index (κ1) is 14.2. The van der Waals surface area contributed by atoms with E-state index in [1.165, 1.54) is 6.07 Å². The molecule has 0 radical (unpaired) electrons. The van der Waals surface area contributed by atoms with Crippen LogP contribution in [0.3, 0.4) is 0 Å². The van der Waals surface area contributed by atoms with Crippen LogP contribution in [0.25, 0.3) is 0 Å². The van der Waals surface area contributed by atoms with Crippen molar-refractivity contribution in [3.8, 4) is 0 Å². The second-order valence-corrected chi connectivity index (χ2v) is 5.73. The molecule has 1 aromatic rings. The van der Waals surface area contributed by atoms with E-state index in [1.54, 1.807) is 12.3 Å². The fourth-order valence-electron chi connectivity index (χ4n) is 3.16. The van der Waals surface area contributed by atoms with Gasteiger partial charge in [-0.05, 0) is 18.6 Å². The number of likely N-dealkylation sites (tertiary alicyclic amines) is 1. The second-order valence-electron chi connectivity index (χ2n) is 5.73. The topological polar surface area (TPSA) is 74.7 Å². The maximum absolute atomic E-state index is 13.6. The number of nitrogens with one attached hydrogen (secondary N) is 1. The van der Waals surface area contributed by atoms with E-state index in [0.717, 1.165) is 19.4 Å². The normalized spacial score (nSPS) is 29.1. The molecular weight excluding hydrogens is 277 g/mol. The highest BCUT2D eigenvalue weighted by molar-refractivity contribution is 5.69. The van der Waals surface area contributed by atoms with Crippen molar-refractivity contribution in [3.05, 3.63) is 24.1 Å². The summed E-state index contributed by atoms with van der Waals surface area (Å²) in [6.07, 6.45) is 3.09. The van der Waals surface area contributed by atoms with Crippen molar-refractivity contribution in [2.75, 3.05) is 31.6 Å². The highest BCUT2D eigenvalue weighted by Gasteiger charge is 2.45. The van der Waals surface area contributed by atoms with Crippen LogP contribution in [0.15, 0.2) is 18.3 Å². The number of aliphatic carboxylic acids is 1. The van der Waals surface area contributed by atoms with Crippen molar-refractivity contribution in [1.82, 2.24) is 9.88 Å². The van der Waals surface area contributed by atoms with E-state index < -0.39 is 5.97 Å². The molecule has 2 aliphatic heterocycles. The van der Waals surface area contributed by atoms with Gasteiger partial charge in [0, 0.05) is 25.7 Å². The summed E-state index contributed by atoms with van der Waals surface area (Å²) in [7, 11) is 0. The number of carboxylic acid groups (broad SMARTS) is 1. The van der Waals surface area contributed by atoms with Crippen molar-refractivity contribution in [2.45, 2.75) is 24.5 Å². The number of rotatable bonds is 4. The SMILES string of the molecule is O=C(O)CN1CCC2(CC(Nc3ncccc3F)CO2)C1. The summed E-state index contributed by atoms with van der Waals surface area (Å²) in [6, 6.07) is 2.91. The second kappa shape index (κ2) is 5.57. The lowest BCUT2D eigenvalue weighted by atomic mass is 9.97. The van der Waals surface area contributed by atoms with E-state index in [9.17, 15) is 9.18 Å². The van der Waals surface area contributed by atoms with Crippen LogP contribution in [0, 0.1) is 5.82 Å². The van der Waals surface area contributed by atoms with Gasteiger partial charge in [-0.2, -0.15) is 0 Å². The van der Waals surface area contributed by atoms with Gasteiger partial charge in [0.15, 0.2) is 11.6 Å². The quantitative estimate of drug-likeness (QED) is 0.861. The molecule has 2 N–H and O–H groups in total. The molecule has 21 heavy (non-hydrogen) atoms. The molecule has 0 bridgehead atoms. The molecule has 6 nitrogen and oxygen atoms in total. The zero-order valence-electron chi connectivity index (χ0n) is 11.6. The molecule has 0 saturated carbocycles. The molecule has 2 unspecified atom stereocenters. The fourth-order valence-corrected chi connectivity index (χ4v) is 3.16. The Bertz CT molecular complexity index is 542. The van der Waals surface area contributed by atoms with Gasteiger partial charge < -0.3 is 15.2 Å². The average molecular weight is 295 g/mol. The zero-order chi connectivity index (χ0) is 14.9. The predicted octanol–water partition coefficient (Wildman–Crippen LogP) is 0.951. The van der Waals surface area contributed by atoms with Crippen LogP contribution in [-0.4, -0.2) is 58.8 Å². The number of ether oxygens (including phenoxy) is 1. The third-order valence-corrected chi connectivity index (χ3v) is 4.06. The van der Waals surface area contributed by atoms with Crippen LogP contribution in [0.4, 0.5) is 10.2 Å². The maximum Gasteiger partial charge on any atom is 0.317 e. The standard InChI is InChI=1S/C14H18FN3O3/c15-11-2-1-4-16-13(11)17-10-6-14(21-8-10)3-5-18(9-14)7-12(19)20/h1-2,4,10H,3,5-9H2,(H,16,17)(H,19,20). The molecule has 2 atom stereocenters. The Morgan fingerprint density at radius 3 is 3.29 bits per heavy atom. The number of hydrogen-bond donors (Lipinski definition) is 2. The molecule has 7 heteroatoms. The minimum atomic E-state index is -0.824. The fraction of sp³-hybridized carbons (Fsp3) is 0.571. The molecule has 1 spiro atoms. The third-order valence-electron chi connectivity index (χ3n) is 4.06. The highest BCUT2D eigenvalue weighted by Crippen LogP contribution is 2.36. The van der Waals surface area contributed by atoms with Crippen LogP contribution in [0.5, 0.6) is 0 Å². The summed E-state index contributed by atoms with van der Waals surface area (Å²) < 4.78 is 19.5. The Balaban J connectivity index is 1.59. The van der Waals surface area contributed by atoms with Crippen molar-refractivity contribution < 1.29 is 19.0 Å². The minimum absolute atomic E-state index is 0.000761. The lowest BCUT2D eigenvalue weighted by Gasteiger charge is -2.23.